The highest BCUT2D eigenvalue weighted by Gasteiger charge is 2.44. The predicted molar refractivity (Wildman–Crippen MR) is 205 cm³/mol. The molecule has 1 aliphatic carbocycles. The molecule has 0 saturated heterocycles. The van der Waals surface area contributed by atoms with Crippen LogP contribution in [0.15, 0.2) is 94.6 Å². The van der Waals surface area contributed by atoms with Crippen LogP contribution < -0.4 is 4.90 Å². The number of thiol groups is 1. The fourth-order valence-corrected chi connectivity index (χ4v) is 8.88. The van der Waals surface area contributed by atoms with Crippen molar-refractivity contribution in [3.8, 4) is 0 Å². The van der Waals surface area contributed by atoms with Crippen molar-refractivity contribution in [2.45, 2.75) is 96.8 Å². The van der Waals surface area contributed by atoms with Crippen LogP contribution >= 0.6 is 24.4 Å². The zero-order valence-corrected chi connectivity index (χ0v) is 30.7. The van der Waals surface area contributed by atoms with Crippen LogP contribution in [0.5, 0.6) is 0 Å². The van der Waals surface area contributed by atoms with Crippen molar-refractivity contribution < 1.29 is 14.5 Å². The molecule has 6 heteroatoms. The maximum atomic E-state index is 11.5. The molecule has 47 heavy (non-hydrogen) atoms. The molecule has 4 nitrogen and oxygen atoms in total. The molecule has 1 N–H and O–H groups in total. The number of benzene rings is 2. The highest BCUT2D eigenvalue weighted by Crippen LogP contribution is 2.48. The second kappa shape index (κ2) is 15.5. The number of carboxylic acid groups (broad SMARTS) is 1. The number of carbonyl (C=O) groups is 1. The highest BCUT2D eigenvalue weighted by atomic mass is 32.2. The molecule has 2 aliphatic heterocycles. The van der Waals surface area contributed by atoms with Crippen molar-refractivity contribution in [2.75, 3.05) is 29.5 Å². The minimum Gasteiger partial charge on any atom is -0.481 e. The smallest absolute Gasteiger partial charge is 0.304 e. The van der Waals surface area contributed by atoms with E-state index in [2.05, 4.69) is 130 Å². The van der Waals surface area contributed by atoms with E-state index in [1.165, 1.54) is 50.0 Å². The molecule has 2 aromatic carbocycles. The van der Waals surface area contributed by atoms with E-state index in [-0.39, 0.29) is 17.3 Å². The van der Waals surface area contributed by atoms with Gasteiger partial charge in [-0.25, -0.2) is 0 Å². The number of rotatable bonds is 14. The summed E-state index contributed by atoms with van der Waals surface area (Å²) in [5, 5.41) is 9.49. The number of para-hydroxylation sites is 2. The number of aliphatic carboxylic acids is 1. The van der Waals surface area contributed by atoms with Crippen molar-refractivity contribution in [3.05, 3.63) is 106 Å². The summed E-state index contributed by atoms with van der Waals surface area (Å²) in [6, 6.07) is 17.7. The molecule has 0 radical (unpaired) electrons. The van der Waals surface area contributed by atoms with Crippen LogP contribution in [0.1, 0.15) is 97.1 Å². The lowest BCUT2D eigenvalue weighted by Crippen LogP contribution is -2.28. The second-order valence-corrected chi connectivity index (χ2v) is 15.6. The normalized spacial score (nSPS) is 20.2. The maximum absolute atomic E-state index is 11.5. The summed E-state index contributed by atoms with van der Waals surface area (Å²) in [6.45, 7) is 13.6. The summed E-state index contributed by atoms with van der Waals surface area (Å²) in [5.41, 5.74) is 10.5. The summed E-state index contributed by atoms with van der Waals surface area (Å²) in [5.74, 6) is 0.728. The summed E-state index contributed by atoms with van der Waals surface area (Å²) < 4.78 is 2.52. The first-order chi connectivity index (χ1) is 22.6. The van der Waals surface area contributed by atoms with Crippen LogP contribution in [-0.2, 0) is 15.6 Å². The molecular formula is C41H53N2O2S2+. The van der Waals surface area contributed by atoms with Crippen LogP contribution in [0.4, 0.5) is 11.4 Å². The molecule has 5 rings (SSSR count). The minimum absolute atomic E-state index is 0.0880. The topological polar surface area (TPSA) is 43.5 Å². The summed E-state index contributed by atoms with van der Waals surface area (Å²) >= 11 is 6.19. The van der Waals surface area contributed by atoms with E-state index in [9.17, 15) is 9.90 Å². The molecule has 0 amide bonds. The lowest BCUT2D eigenvalue weighted by molar-refractivity contribution is -0.438. The van der Waals surface area contributed by atoms with Crippen LogP contribution in [0.2, 0.25) is 0 Å². The van der Waals surface area contributed by atoms with Crippen LogP contribution in [0.25, 0.3) is 0 Å². The van der Waals surface area contributed by atoms with Gasteiger partial charge in [0.1, 0.15) is 6.54 Å². The van der Waals surface area contributed by atoms with Gasteiger partial charge in [-0.15, -0.1) is 11.8 Å². The van der Waals surface area contributed by atoms with E-state index in [4.69, 9.17) is 0 Å². The monoisotopic (exact) mass is 669 g/mol. The fourth-order valence-electron chi connectivity index (χ4n) is 7.47. The fraction of sp³-hybridized carbons (Fsp3) is 0.463. The SMILES string of the molecule is CCCCN1/C(=C/C=C2\CCCC(/C=C/C3=[N+](CCCCS)c4ccccc4C3(C)C)=C2SCCC(=O)O)C(C)(C)c2ccccc21. The van der Waals surface area contributed by atoms with E-state index >= 15 is 0 Å². The van der Waals surface area contributed by atoms with E-state index in [0.717, 1.165) is 63.8 Å². The number of hydrogen-bond donors (Lipinski definition) is 2. The average Bonchev–Trinajstić information content (AvgIpc) is 3.40. The number of fused-ring (bicyclic) bond motifs is 2. The number of carboxylic acids is 1. The number of allylic oxidation sites excluding steroid dienone is 7. The Morgan fingerprint density at radius 2 is 1.70 bits per heavy atom. The lowest BCUT2D eigenvalue weighted by Gasteiger charge is -2.27. The first-order valence-electron chi connectivity index (χ1n) is 17.5. The minimum atomic E-state index is -0.742. The van der Waals surface area contributed by atoms with E-state index in [1.54, 1.807) is 11.8 Å². The molecule has 0 saturated carbocycles. The Labute approximate surface area is 292 Å². The Bertz CT molecular complexity index is 1630. The number of hydrogen-bond acceptors (Lipinski definition) is 4. The second-order valence-electron chi connectivity index (χ2n) is 14.0. The van der Waals surface area contributed by atoms with Crippen LogP contribution in [-0.4, -0.2) is 46.0 Å². The van der Waals surface area contributed by atoms with Gasteiger partial charge in [-0.05, 0) is 80.6 Å². The molecule has 0 unspecified atom stereocenters. The number of unbranched alkanes of at least 4 members (excludes halogenated alkanes) is 2. The standard InChI is InChI=1S/C41H52N2O2S2/c1-6-7-26-42-34-19-10-8-17-32(34)40(2,3)36(42)23-21-30-15-14-16-31(39(30)47-29-25-38(44)45)22-24-37-41(4,5)33-18-9-11-20-35(33)43(37)27-12-13-28-46/h8-11,17-24H,6-7,12-16,25-29H2,1-5H3,(H-,44,45,46)/p+1. The van der Waals surface area contributed by atoms with Gasteiger partial charge in [0.25, 0.3) is 0 Å². The third kappa shape index (κ3) is 7.54. The van der Waals surface area contributed by atoms with Crippen molar-refractivity contribution in [3.63, 3.8) is 0 Å². The Morgan fingerprint density at radius 1 is 0.957 bits per heavy atom. The van der Waals surface area contributed by atoms with Gasteiger partial charge in [0.15, 0.2) is 5.71 Å². The molecule has 250 valence electrons. The molecule has 2 aromatic rings. The van der Waals surface area contributed by atoms with Gasteiger partial charge in [-0.3, -0.25) is 4.79 Å². The quantitative estimate of drug-likeness (QED) is 0.119. The molecule has 0 aromatic heterocycles. The highest BCUT2D eigenvalue weighted by molar-refractivity contribution is 8.03. The van der Waals surface area contributed by atoms with Gasteiger partial charge in [0.2, 0.25) is 5.69 Å². The van der Waals surface area contributed by atoms with Gasteiger partial charge in [0.05, 0.1) is 11.8 Å². The van der Waals surface area contributed by atoms with Crippen LogP contribution in [0.3, 0.4) is 0 Å². The Balaban J connectivity index is 1.55. The Kier molecular flexibility index (Phi) is 11.7. The largest absolute Gasteiger partial charge is 0.481 e. The molecule has 0 fully saturated rings. The first-order valence-corrected chi connectivity index (χ1v) is 19.1. The predicted octanol–water partition coefficient (Wildman–Crippen LogP) is 10.4. The maximum Gasteiger partial charge on any atom is 0.304 e. The van der Waals surface area contributed by atoms with Crippen LogP contribution in [0, 0.1) is 0 Å². The molecular weight excluding hydrogens is 617 g/mol. The summed E-state index contributed by atoms with van der Waals surface area (Å²) in [4.78, 5) is 15.3. The number of thioether (sulfide) groups is 1. The molecule has 3 aliphatic rings. The molecule has 0 atom stereocenters. The Hall–Kier alpha value is -2.96. The third-order valence-electron chi connectivity index (χ3n) is 10.0. The van der Waals surface area contributed by atoms with E-state index in [0.29, 0.717) is 5.75 Å². The summed E-state index contributed by atoms with van der Waals surface area (Å²) in [6.07, 6.45) is 17.2. The zero-order valence-electron chi connectivity index (χ0n) is 29.0. The number of anilines is 1. The summed E-state index contributed by atoms with van der Waals surface area (Å²) in [7, 11) is 0. The molecule has 2 heterocycles. The number of nitrogens with zero attached hydrogens (tertiary/aromatic N) is 2. The van der Waals surface area contributed by atoms with Crippen molar-refractivity contribution in [1.82, 2.24) is 0 Å². The van der Waals surface area contributed by atoms with E-state index < -0.39 is 5.97 Å². The van der Waals surface area contributed by atoms with Crippen molar-refractivity contribution in [2.24, 2.45) is 0 Å². The van der Waals surface area contributed by atoms with Gasteiger partial charge in [-0.2, -0.15) is 17.2 Å². The van der Waals surface area contributed by atoms with E-state index in [1.807, 2.05) is 0 Å². The first kappa shape index (κ1) is 35.3. The van der Waals surface area contributed by atoms with Gasteiger partial charge < -0.3 is 10.0 Å². The van der Waals surface area contributed by atoms with Crippen molar-refractivity contribution >= 4 is 47.4 Å². The molecule has 0 spiro atoms. The zero-order chi connectivity index (χ0) is 33.6. The van der Waals surface area contributed by atoms with Gasteiger partial charge >= 0.3 is 5.97 Å². The van der Waals surface area contributed by atoms with Gasteiger partial charge in [0, 0.05) is 58.1 Å². The molecule has 0 bridgehead atoms. The Morgan fingerprint density at radius 3 is 2.45 bits per heavy atom. The van der Waals surface area contributed by atoms with Crippen molar-refractivity contribution in [1.29, 1.82) is 0 Å². The average molecular weight is 670 g/mol. The third-order valence-corrected chi connectivity index (χ3v) is 11.6. The lowest BCUT2D eigenvalue weighted by atomic mass is 9.81. The van der Waals surface area contributed by atoms with Gasteiger partial charge in [-0.1, -0.05) is 75.7 Å².